The monoisotopic (exact) mass is 466 g/mol. The van der Waals surface area contributed by atoms with Gasteiger partial charge in [-0.15, -0.1) is 0 Å². The number of aromatic nitrogens is 3. The number of amides is 1. The van der Waals surface area contributed by atoms with Gasteiger partial charge in [-0.25, -0.2) is 4.98 Å². The molecule has 0 aliphatic rings. The average Bonchev–Trinajstić information content (AvgIpc) is 3.46. The number of ether oxygens (including phenoxy) is 1. The van der Waals surface area contributed by atoms with Crippen LogP contribution in [0.3, 0.4) is 0 Å². The van der Waals surface area contributed by atoms with Gasteiger partial charge in [0.05, 0.1) is 18.5 Å². The van der Waals surface area contributed by atoms with E-state index in [2.05, 4.69) is 27.8 Å². The minimum Gasteiger partial charge on any atom is -0.494 e. The number of rotatable bonds is 11. The van der Waals surface area contributed by atoms with Crippen LogP contribution in [0.1, 0.15) is 41.5 Å². The molecule has 4 rings (SSSR count). The van der Waals surface area contributed by atoms with Crippen LogP contribution < -0.4 is 10.5 Å². The number of aliphatic hydroxyl groups excluding tert-OH is 1. The lowest BCUT2D eigenvalue weighted by Gasteiger charge is -2.13. The molecular weight excluding hydrogens is 440 g/mol. The van der Waals surface area contributed by atoms with E-state index in [1.807, 2.05) is 36.5 Å². The van der Waals surface area contributed by atoms with Gasteiger partial charge in [-0.05, 0) is 67.0 Å². The summed E-state index contributed by atoms with van der Waals surface area (Å²) < 4.78 is 9.64. The van der Waals surface area contributed by atoms with Crippen LogP contribution >= 0.6 is 11.6 Å². The second-order valence-electron chi connectivity index (χ2n) is 8.00. The normalized spacial score (nSPS) is 12.2. The SMILES string of the molecule is NC(=O)c1cn([C@H](O)CCCn2ccc3ccc(OCCCc4ccc(Cl)cc4)cc32)cn1. The van der Waals surface area contributed by atoms with E-state index < -0.39 is 12.1 Å². The fourth-order valence-electron chi connectivity index (χ4n) is 3.79. The second-order valence-corrected chi connectivity index (χ2v) is 8.44. The van der Waals surface area contributed by atoms with Gasteiger partial charge in [-0.1, -0.05) is 23.7 Å². The predicted molar refractivity (Wildman–Crippen MR) is 128 cm³/mol. The van der Waals surface area contributed by atoms with Crippen LogP contribution in [0.4, 0.5) is 0 Å². The molecule has 0 aliphatic carbocycles. The van der Waals surface area contributed by atoms with Crippen LogP contribution in [0, 0.1) is 0 Å². The van der Waals surface area contributed by atoms with Gasteiger partial charge in [0.15, 0.2) is 0 Å². The number of carbonyl (C=O) groups excluding carboxylic acids is 1. The first-order valence-electron chi connectivity index (χ1n) is 11.0. The molecule has 1 atom stereocenters. The minimum atomic E-state index is -0.757. The van der Waals surface area contributed by atoms with Crippen molar-refractivity contribution in [2.24, 2.45) is 5.73 Å². The lowest BCUT2D eigenvalue weighted by molar-refractivity contribution is 0.0905. The van der Waals surface area contributed by atoms with Crippen molar-refractivity contribution in [3.05, 3.63) is 83.5 Å². The van der Waals surface area contributed by atoms with Crippen molar-refractivity contribution in [3.63, 3.8) is 0 Å². The summed E-state index contributed by atoms with van der Waals surface area (Å²) in [4.78, 5) is 15.1. The van der Waals surface area contributed by atoms with E-state index >= 15 is 0 Å². The Balaban J connectivity index is 1.28. The Morgan fingerprint density at radius 1 is 1.15 bits per heavy atom. The topological polar surface area (TPSA) is 95.3 Å². The zero-order valence-corrected chi connectivity index (χ0v) is 19.0. The van der Waals surface area contributed by atoms with Crippen molar-refractivity contribution in [1.82, 2.24) is 14.1 Å². The smallest absolute Gasteiger partial charge is 0.268 e. The predicted octanol–water partition coefficient (Wildman–Crippen LogP) is 4.57. The number of aryl methyl sites for hydroxylation is 2. The van der Waals surface area contributed by atoms with Crippen LogP contribution in [-0.2, 0) is 13.0 Å². The molecule has 3 N–H and O–H groups in total. The van der Waals surface area contributed by atoms with Crippen molar-refractivity contribution < 1.29 is 14.6 Å². The highest BCUT2D eigenvalue weighted by molar-refractivity contribution is 6.30. The summed E-state index contributed by atoms with van der Waals surface area (Å²) in [6.45, 7) is 1.39. The van der Waals surface area contributed by atoms with E-state index in [0.717, 1.165) is 47.5 Å². The summed E-state index contributed by atoms with van der Waals surface area (Å²) in [5.41, 5.74) is 7.70. The molecule has 0 bridgehead atoms. The molecule has 0 spiro atoms. The van der Waals surface area contributed by atoms with E-state index in [1.54, 1.807) is 0 Å². The molecule has 8 heteroatoms. The Morgan fingerprint density at radius 3 is 2.73 bits per heavy atom. The number of aliphatic hydroxyl groups is 1. The standard InChI is InChI=1S/C25H27ClN4O3/c26-20-8-5-18(6-9-20)3-2-14-33-21-10-7-19-11-13-29(23(19)15-21)12-1-4-24(31)30-16-22(25(27)32)28-17-30/h5-11,13,15-17,24,31H,1-4,12,14H2,(H2,27,32)/t24-/m1/s1. The molecule has 2 aromatic carbocycles. The molecule has 0 fully saturated rings. The molecule has 0 radical (unpaired) electrons. The van der Waals surface area contributed by atoms with Crippen LogP contribution in [0.25, 0.3) is 10.9 Å². The van der Waals surface area contributed by atoms with Gasteiger partial charge in [-0.2, -0.15) is 0 Å². The maximum atomic E-state index is 11.2. The number of carbonyl (C=O) groups is 1. The zero-order chi connectivity index (χ0) is 23.2. The van der Waals surface area contributed by atoms with Crippen LogP contribution in [0.2, 0.25) is 5.02 Å². The summed E-state index contributed by atoms with van der Waals surface area (Å²) >= 11 is 5.93. The highest BCUT2D eigenvalue weighted by atomic mass is 35.5. The Morgan fingerprint density at radius 2 is 1.97 bits per heavy atom. The number of primary amides is 1. The molecule has 0 saturated carbocycles. The third-order valence-corrected chi connectivity index (χ3v) is 5.85. The van der Waals surface area contributed by atoms with Gasteiger partial charge >= 0.3 is 0 Å². The molecular formula is C25H27ClN4O3. The van der Waals surface area contributed by atoms with E-state index in [0.29, 0.717) is 13.0 Å². The largest absolute Gasteiger partial charge is 0.494 e. The highest BCUT2D eigenvalue weighted by Gasteiger charge is 2.11. The Labute approximate surface area is 197 Å². The van der Waals surface area contributed by atoms with E-state index in [1.165, 1.54) is 22.7 Å². The van der Waals surface area contributed by atoms with Crippen molar-refractivity contribution in [2.45, 2.75) is 38.5 Å². The van der Waals surface area contributed by atoms with Gasteiger partial charge in [-0.3, -0.25) is 4.79 Å². The lowest BCUT2D eigenvalue weighted by atomic mass is 10.1. The van der Waals surface area contributed by atoms with Gasteiger partial charge in [0.25, 0.3) is 5.91 Å². The first-order valence-corrected chi connectivity index (χ1v) is 11.3. The quantitative estimate of drug-likeness (QED) is 0.316. The summed E-state index contributed by atoms with van der Waals surface area (Å²) in [5.74, 6) is 0.235. The third-order valence-electron chi connectivity index (χ3n) is 5.60. The maximum absolute atomic E-state index is 11.2. The number of hydrogen-bond donors (Lipinski definition) is 2. The second kappa shape index (κ2) is 10.6. The number of halogens is 1. The van der Waals surface area contributed by atoms with Gasteiger partial charge in [0.2, 0.25) is 0 Å². The van der Waals surface area contributed by atoms with Crippen molar-refractivity contribution in [2.75, 3.05) is 6.61 Å². The lowest BCUT2D eigenvalue weighted by Crippen LogP contribution is -2.12. The Bertz CT molecular complexity index is 1220. The number of benzene rings is 2. The maximum Gasteiger partial charge on any atom is 0.268 e. The zero-order valence-electron chi connectivity index (χ0n) is 18.2. The number of imidazole rings is 1. The van der Waals surface area contributed by atoms with Crippen LogP contribution in [0.15, 0.2) is 67.3 Å². The summed E-state index contributed by atoms with van der Waals surface area (Å²) in [6.07, 6.45) is 7.31. The number of nitrogens with zero attached hydrogens (tertiary/aromatic N) is 3. The summed E-state index contributed by atoms with van der Waals surface area (Å²) in [7, 11) is 0. The highest BCUT2D eigenvalue weighted by Crippen LogP contribution is 2.23. The van der Waals surface area contributed by atoms with Crippen LogP contribution in [0.5, 0.6) is 5.75 Å². The van der Waals surface area contributed by atoms with Gasteiger partial charge in [0, 0.05) is 30.0 Å². The molecule has 2 heterocycles. The van der Waals surface area contributed by atoms with Crippen molar-refractivity contribution in [1.29, 1.82) is 0 Å². The molecule has 1 amide bonds. The molecule has 2 aromatic heterocycles. The minimum absolute atomic E-state index is 0.145. The molecule has 0 unspecified atom stereocenters. The summed E-state index contributed by atoms with van der Waals surface area (Å²) in [5, 5.41) is 12.2. The van der Waals surface area contributed by atoms with E-state index in [4.69, 9.17) is 22.1 Å². The fraction of sp³-hybridized carbons (Fsp3) is 0.280. The van der Waals surface area contributed by atoms with Crippen molar-refractivity contribution >= 4 is 28.4 Å². The third kappa shape index (κ3) is 5.94. The first-order chi connectivity index (χ1) is 16.0. The average molecular weight is 467 g/mol. The van der Waals surface area contributed by atoms with Crippen molar-refractivity contribution in [3.8, 4) is 5.75 Å². The number of hydrogen-bond acceptors (Lipinski definition) is 4. The first kappa shape index (κ1) is 22.9. The van der Waals surface area contributed by atoms with Crippen LogP contribution in [-0.4, -0.2) is 31.7 Å². The molecule has 172 valence electrons. The van der Waals surface area contributed by atoms with Gasteiger partial charge < -0.3 is 24.7 Å². The Hall–Kier alpha value is -3.29. The van der Waals surface area contributed by atoms with Gasteiger partial charge in [0.1, 0.15) is 17.7 Å². The molecule has 0 saturated heterocycles. The summed E-state index contributed by atoms with van der Waals surface area (Å²) in [6, 6.07) is 16.1. The Kier molecular flexibility index (Phi) is 7.32. The van der Waals surface area contributed by atoms with E-state index in [9.17, 15) is 9.90 Å². The number of nitrogens with two attached hydrogens (primary N) is 1. The molecule has 0 aliphatic heterocycles. The molecule has 7 nitrogen and oxygen atoms in total. The fourth-order valence-corrected chi connectivity index (χ4v) is 3.91. The molecule has 33 heavy (non-hydrogen) atoms. The van der Waals surface area contributed by atoms with E-state index in [-0.39, 0.29) is 5.69 Å². The number of fused-ring (bicyclic) bond motifs is 1. The molecule has 4 aromatic rings.